The van der Waals surface area contributed by atoms with Crippen LogP contribution in [0.4, 0.5) is 0 Å². The number of hydrogen-bond acceptors (Lipinski definition) is 3. The smallest absolute Gasteiger partial charge is 0.0687 e. The molecule has 2 fully saturated rings. The van der Waals surface area contributed by atoms with E-state index in [0.717, 1.165) is 25.9 Å². The highest BCUT2D eigenvalue weighted by atomic mass is 15.2. The molecule has 2 saturated heterocycles. The number of rotatable bonds is 4. The van der Waals surface area contributed by atoms with Gasteiger partial charge in [0, 0.05) is 13.1 Å². The SMILES string of the molecule is CC(C)(CN1CCCC1)CN1CCC(C)(C#N)CC1. The Labute approximate surface area is 118 Å². The summed E-state index contributed by atoms with van der Waals surface area (Å²) >= 11 is 0. The molecule has 0 N–H and O–H groups in total. The molecule has 0 spiro atoms. The van der Waals surface area contributed by atoms with E-state index in [-0.39, 0.29) is 5.41 Å². The van der Waals surface area contributed by atoms with Gasteiger partial charge in [-0.25, -0.2) is 0 Å². The molecular formula is C16H29N3. The van der Waals surface area contributed by atoms with Crippen molar-refractivity contribution < 1.29 is 0 Å². The van der Waals surface area contributed by atoms with E-state index >= 15 is 0 Å². The van der Waals surface area contributed by atoms with Crippen LogP contribution in [0.2, 0.25) is 0 Å². The zero-order chi connectivity index (χ0) is 13.9. The van der Waals surface area contributed by atoms with Crippen LogP contribution in [-0.4, -0.2) is 49.1 Å². The molecule has 0 saturated carbocycles. The summed E-state index contributed by atoms with van der Waals surface area (Å²) in [6.07, 6.45) is 4.81. The third kappa shape index (κ3) is 4.19. The third-order valence-corrected chi connectivity index (χ3v) is 4.73. The summed E-state index contributed by atoms with van der Waals surface area (Å²) in [6, 6.07) is 2.49. The first-order valence-electron chi connectivity index (χ1n) is 7.79. The van der Waals surface area contributed by atoms with E-state index in [1.807, 2.05) is 0 Å². The molecule has 2 heterocycles. The number of likely N-dealkylation sites (tertiary alicyclic amines) is 2. The highest BCUT2D eigenvalue weighted by molar-refractivity contribution is 4.99. The Hall–Kier alpha value is -0.590. The minimum atomic E-state index is -0.0738. The van der Waals surface area contributed by atoms with Gasteiger partial charge in [-0.1, -0.05) is 13.8 Å². The third-order valence-electron chi connectivity index (χ3n) is 4.73. The van der Waals surface area contributed by atoms with Gasteiger partial charge in [-0.2, -0.15) is 5.26 Å². The second-order valence-electron chi connectivity index (χ2n) is 7.60. The van der Waals surface area contributed by atoms with Gasteiger partial charge in [-0.15, -0.1) is 0 Å². The average Bonchev–Trinajstić information content (AvgIpc) is 2.84. The molecule has 108 valence electrons. The summed E-state index contributed by atoms with van der Waals surface area (Å²) in [5, 5.41) is 9.18. The van der Waals surface area contributed by atoms with Crippen LogP contribution in [0.5, 0.6) is 0 Å². The lowest BCUT2D eigenvalue weighted by molar-refractivity contribution is 0.0906. The zero-order valence-corrected chi connectivity index (χ0v) is 12.9. The molecule has 0 unspecified atom stereocenters. The van der Waals surface area contributed by atoms with Gasteiger partial charge in [-0.05, 0) is 64.2 Å². The molecule has 0 aromatic carbocycles. The van der Waals surface area contributed by atoms with Gasteiger partial charge in [0.05, 0.1) is 11.5 Å². The monoisotopic (exact) mass is 263 g/mol. The van der Waals surface area contributed by atoms with Crippen molar-refractivity contribution in [2.45, 2.75) is 46.5 Å². The molecule has 2 rings (SSSR count). The van der Waals surface area contributed by atoms with Gasteiger partial charge in [-0.3, -0.25) is 0 Å². The maximum absolute atomic E-state index is 9.18. The average molecular weight is 263 g/mol. The Morgan fingerprint density at radius 1 is 1.00 bits per heavy atom. The molecule has 2 aliphatic heterocycles. The Kier molecular flexibility index (Phi) is 4.53. The van der Waals surface area contributed by atoms with Gasteiger partial charge in [0.1, 0.15) is 0 Å². The lowest BCUT2D eigenvalue weighted by Gasteiger charge is -2.40. The van der Waals surface area contributed by atoms with Crippen LogP contribution in [0.3, 0.4) is 0 Å². The molecule has 0 radical (unpaired) electrons. The molecule has 0 atom stereocenters. The van der Waals surface area contributed by atoms with Gasteiger partial charge in [0.15, 0.2) is 0 Å². The molecule has 19 heavy (non-hydrogen) atoms. The summed E-state index contributed by atoms with van der Waals surface area (Å²) in [7, 11) is 0. The Bertz CT molecular complexity index is 328. The van der Waals surface area contributed by atoms with Crippen LogP contribution in [0.1, 0.15) is 46.5 Å². The second-order valence-corrected chi connectivity index (χ2v) is 7.60. The first kappa shape index (κ1) is 14.8. The van der Waals surface area contributed by atoms with Crippen LogP contribution in [0, 0.1) is 22.2 Å². The van der Waals surface area contributed by atoms with E-state index in [1.54, 1.807) is 0 Å². The highest BCUT2D eigenvalue weighted by Crippen LogP contribution is 2.31. The van der Waals surface area contributed by atoms with Crippen molar-refractivity contribution in [1.29, 1.82) is 5.26 Å². The second kappa shape index (κ2) is 5.81. The zero-order valence-electron chi connectivity index (χ0n) is 12.9. The predicted octanol–water partition coefficient (Wildman–Crippen LogP) is 2.73. The topological polar surface area (TPSA) is 30.3 Å². The van der Waals surface area contributed by atoms with E-state index in [1.165, 1.54) is 39.0 Å². The maximum atomic E-state index is 9.18. The Morgan fingerprint density at radius 3 is 1.95 bits per heavy atom. The van der Waals surface area contributed by atoms with Gasteiger partial charge in [0.2, 0.25) is 0 Å². The fraction of sp³-hybridized carbons (Fsp3) is 0.938. The van der Waals surface area contributed by atoms with Crippen LogP contribution in [0.15, 0.2) is 0 Å². The van der Waals surface area contributed by atoms with Gasteiger partial charge < -0.3 is 9.80 Å². The number of piperidine rings is 1. The van der Waals surface area contributed by atoms with Crippen molar-refractivity contribution >= 4 is 0 Å². The lowest BCUT2D eigenvalue weighted by atomic mass is 9.81. The van der Waals surface area contributed by atoms with E-state index < -0.39 is 0 Å². The van der Waals surface area contributed by atoms with E-state index in [2.05, 4.69) is 36.6 Å². The first-order chi connectivity index (χ1) is 8.92. The van der Waals surface area contributed by atoms with Crippen LogP contribution >= 0.6 is 0 Å². The van der Waals surface area contributed by atoms with Crippen molar-refractivity contribution in [2.75, 3.05) is 39.3 Å². The number of nitriles is 1. The van der Waals surface area contributed by atoms with E-state index in [0.29, 0.717) is 5.41 Å². The van der Waals surface area contributed by atoms with Crippen molar-refractivity contribution in [1.82, 2.24) is 9.80 Å². The first-order valence-corrected chi connectivity index (χ1v) is 7.79. The van der Waals surface area contributed by atoms with Gasteiger partial charge >= 0.3 is 0 Å². The minimum Gasteiger partial charge on any atom is -0.303 e. The Balaban J connectivity index is 1.79. The minimum absolute atomic E-state index is 0.0738. The fourth-order valence-electron chi connectivity index (χ4n) is 3.52. The molecule has 0 aromatic heterocycles. The molecule has 2 aliphatic rings. The van der Waals surface area contributed by atoms with Crippen molar-refractivity contribution in [3.05, 3.63) is 0 Å². The van der Waals surface area contributed by atoms with Crippen LogP contribution in [0.25, 0.3) is 0 Å². The largest absolute Gasteiger partial charge is 0.303 e. The highest BCUT2D eigenvalue weighted by Gasteiger charge is 2.33. The van der Waals surface area contributed by atoms with Crippen LogP contribution < -0.4 is 0 Å². The molecule has 0 amide bonds. The van der Waals surface area contributed by atoms with E-state index in [4.69, 9.17) is 0 Å². The molecule has 0 bridgehead atoms. The lowest BCUT2D eigenvalue weighted by Crippen LogP contribution is -2.45. The summed E-state index contributed by atoms with van der Waals surface area (Å²) in [5.74, 6) is 0. The quantitative estimate of drug-likeness (QED) is 0.781. The summed E-state index contributed by atoms with van der Waals surface area (Å²) < 4.78 is 0. The van der Waals surface area contributed by atoms with E-state index in [9.17, 15) is 5.26 Å². The standard InChI is InChI=1S/C16H29N3/c1-15(2,13-18-8-4-5-9-18)14-19-10-6-16(3,12-17)7-11-19/h4-11,13-14H2,1-3H3. The Morgan fingerprint density at radius 2 is 1.47 bits per heavy atom. The maximum Gasteiger partial charge on any atom is 0.0687 e. The number of hydrogen-bond donors (Lipinski definition) is 0. The van der Waals surface area contributed by atoms with Crippen molar-refractivity contribution in [3.63, 3.8) is 0 Å². The molecule has 0 aliphatic carbocycles. The molecular weight excluding hydrogens is 234 g/mol. The predicted molar refractivity (Wildman–Crippen MR) is 78.8 cm³/mol. The number of nitrogens with zero attached hydrogens (tertiary/aromatic N) is 3. The van der Waals surface area contributed by atoms with Crippen molar-refractivity contribution in [2.24, 2.45) is 10.8 Å². The fourth-order valence-corrected chi connectivity index (χ4v) is 3.52. The van der Waals surface area contributed by atoms with Crippen LogP contribution in [-0.2, 0) is 0 Å². The summed E-state index contributed by atoms with van der Waals surface area (Å²) in [5.41, 5.74) is 0.292. The summed E-state index contributed by atoms with van der Waals surface area (Å²) in [6.45, 7) is 14.0. The van der Waals surface area contributed by atoms with Gasteiger partial charge in [0.25, 0.3) is 0 Å². The summed E-state index contributed by atoms with van der Waals surface area (Å²) in [4.78, 5) is 5.18. The normalized spacial score (nSPS) is 25.4. The molecule has 0 aromatic rings. The molecule has 3 heteroatoms. The van der Waals surface area contributed by atoms with Crippen molar-refractivity contribution in [3.8, 4) is 6.07 Å². The molecule has 3 nitrogen and oxygen atoms in total.